The van der Waals surface area contributed by atoms with Crippen LogP contribution < -0.4 is 0 Å². The second-order valence-electron chi connectivity index (χ2n) is 6.40. The molecule has 4 nitrogen and oxygen atoms in total. The van der Waals surface area contributed by atoms with Gasteiger partial charge in [0.15, 0.2) is 6.29 Å². The van der Waals surface area contributed by atoms with Crippen molar-refractivity contribution in [3.05, 3.63) is 22.3 Å². The molecule has 0 aromatic carbocycles. The Hall–Kier alpha value is 0.0500. The number of hydrogen-bond acceptors (Lipinski definition) is 4. The first-order valence-electron chi connectivity index (χ1n) is 8.28. The van der Waals surface area contributed by atoms with Gasteiger partial charge in [-0.1, -0.05) is 20.1 Å². The summed E-state index contributed by atoms with van der Waals surface area (Å²) in [5.41, 5.74) is 1.14. The van der Waals surface area contributed by atoms with Crippen molar-refractivity contribution in [3.63, 3.8) is 0 Å². The molecular weight excluding hydrogens is 407 g/mol. The van der Waals surface area contributed by atoms with Crippen molar-refractivity contribution in [3.8, 4) is 0 Å². The van der Waals surface area contributed by atoms with Crippen LogP contribution in [0.25, 0.3) is 0 Å². The lowest BCUT2D eigenvalue weighted by Crippen LogP contribution is -2.19. The highest BCUT2D eigenvalue weighted by Crippen LogP contribution is 2.31. The van der Waals surface area contributed by atoms with Crippen LogP contribution in [0.1, 0.15) is 45.4 Å². The van der Waals surface area contributed by atoms with Crippen molar-refractivity contribution >= 4 is 22.6 Å². The van der Waals surface area contributed by atoms with Gasteiger partial charge >= 0.3 is 0 Å². The monoisotopic (exact) mass is 438 g/mol. The molecule has 1 saturated heterocycles. The van der Waals surface area contributed by atoms with Gasteiger partial charge < -0.3 is 19.3 Å². The average molecular weight is 438 g/mol. The lowest BCUT2D eigenvalue weighted by atomic mass is 9.97. The van der Waals surface area contributed by atoms with Crippen molar-refractivity contribution in [2.45, 2.75) is 70.1 Å². The quantitative estimate of drug-likeness (QED) is 0.298. The van der Waals surface area contributed by atoms with Crippen LogP contribution in [0.2, 0.25) is 0 Å². The number of rotatable bonds is 11. The Bertz CT molecular complexity index is 381. The van der Waals surface area contributed by atoms with Crippen LogP contribution in [-0.4, -0.2) is 43.9 Å². The van der Waals surface area contributed by atoms with Gasteiger partial charge in [0.2, 0.25) is 0 Å². The zero-order valence-corrected chi connectivity index (χ0v) is 16.8. The SMILES string of the molecule is C=C(I)[C@H](C)C[C@H](O)CC[C@@H]1O[C@@H](CCC(OC)OC)CC1=C. The standard InChI is InChI=1S/C18H31IO4/c1-12(14(3)19)10-15(20)6-8-17-13(2)11-16(23-17)7-9-18(21-4)22-5/h12,15-18,20H,2-3,6-11H2,1,4-5H3/t12-,15-,16+,17+/m1/s1. The van der Waals surface area contributed by atoms with Gasteiger partial charge in [0.1, 0.15) is 0 Å². The summed E-state index contributed by atoms with van der Waals surface area (Å²) in [7, 11) is 3.30. The Morgan fingerprint density at radius 1 is 1.35 bits per heavy atom. The molecule has 0 aliphatic carbocycles. The predicted molar refractivity (Wildman–Crippen MR) is 102 cm³/mol. The maximum Gasteiger partial charge on any atom is 0.156 e. The van der Waals surface area contributed by atoms with Crippen LogP contribution in [0.15, 0.2) is 22.3 Å². The summed E-state index contributed by atoms with van der Waals surface area (Å²) in [6.07, 6.45) is 4.70. The minimum Gasteiger partial charge on any atom is -0.393 e. The van der Waals surface area contributed by atoms with E-state index in [-0.39, 0.29) is 24.6 Å². The lowest BCUT2D eigenvalue weighted by Gasteiger charge is -2.19. The molecule has 0 spiro atoms. The molecule has 0 aromatic rings. The molecule has 0 unspecified atom stereocenters. The normalized spacial score (nSPS) is 24.2. The third kappa shape index (κ3) is 7.65. The molecule has 23 heavy (non-hydrogen) atoms. The molecule has 1 heterocycles. The van der Waals surface area contributed by atoms with E-state index in [4.69, 9.17) is 14.2 Å². The van der Waals surface area contributed by atoms with Gasteiger partial charge in [-0.15, -0.1) is 0 Å². The van der Waals surface area contributed by atoms with E-state index in [1.54, 1.807) is 14.2 Å². The van der Waals surface area contributed by atoms with Crippen molar-refractivity contribution in [1.29, 1.82) is 0 Å². The van der Waals surface area contributed by atoms with Gasteiger partial charge in [0, 0.05) is 20.6 Å². The van der Waals surface area contributed by atoms with E-state index in [1.807, 2.05) is 0 Å². The number of aliphatic hydroxyl groups excluding tert-OH is 1. The smallest absolute Gasteiger partial charge is 0.156 e. The average Bonchev–Trinajstić information content (AvgIpc) is 2.86. The zero-order valence-electron chi connectivity index (χ0n) is 14.6. The van der Waals surface area contributed by atoms with E-state index in [2.05, 4.69) is 42.7 Å². The molecule has 1 aliphatic rings. The van der Waals surface area contributed by atoms with Crippen molar-refractivity contribution in [1.82, 2.24) is 0 Å². The number of ether oxygens (including phenoxy) is 3. The molecular formula is C18H31IO4. The molecule has 5 heteroatoms. The highest BCUT2D eigenvalue weighted by Gasteiger charge is 2.29. The summed E-state index contributed by atoms with van der Waals surface area (Å²) in [4.78, 5) is 0. The van der Waals surface area contributed by atoms with Gasteiger partial charge in [-0.05, 0) is 69.8 Å². The predicted octanol–water partition coefficient (Wildman–Crippen LogP) is 4.22. The molecule has 0 amide bonds. The van der Waals surface area contributed by atoms with Crippen LogP contribution >= 0.6 is 22.6 Å². The van der Waals surface area contributed by atoms with Gasteiger partial charge in [0.05, 0.1) is 18.3 Å². The van der Waals surface area contributed by atoms with Gasteiger partial charge in [-0.2, -0.15) is 0 Å². The summed E-state index contributed by atoms with van der Waals surface area (Å²) < 4.78 is 17.6. The second-order valence-corrected chi connectivity index (χ2v) is 7.79. The Morgan fingerprint density at radius 2 is 2.00 bits per heavy atom. The Kier molecular flexibility index (Phi) is 9.92. The fourth-order valence-corrected chi connectivity index (χ4v) is 3.15. The topological polar surface area (TPSA) is 47.9 Å². The summed E-state index contributed by atoms with van der Waals surface area (Å²) in [6.45, 7) is 10.2. The Labute approximate surface area is 154 Å². The molecule has 1 rings (SSSR count). The van der Waals surface area contributed by atoms with E-state index in [9.17, 15) is 5.11 Å². The fraction of sp³-hybridized carbons (Fsp3) is 0.778. The van der Waals surface area contributed by atoms with Crippen LogP contribution in [0.5, 0.6) is 0 Å². The maximum absolute atomic E-state index is 10.2. The number of methoxy groups -OCH3 is 2. The third-order valence-corrected chi connectivity index (χ3v) is 5.54. The highest BCUT2D eigenvalue weighted by molar-refractivity contribution is 14.1. The number of allylic oxidation sites excluding steroid dienone is 1. The molecule has 4 atom stereocenters. The van der Waals surface area contributed by atoms with Crippen molar-refractivity contribution in [2.75, 3.05) is 14.2 Å². The van der Waals surface area contributed by atoms with Gasteiger partial charge in [0.25, 0.3) is 0 Å². The maximum atomic E-state index is 10.2. The van der Waals surface area contributed by atoms with E-state index in [1.165, 1.54) is 0 Å². The lowest BCUT2D eigenvalue weighted by molar-refractivity contribution is -0.112. The molecule has 1 N–H and O–H groups in total. The van der Waals surface area contributed by atoms with Gasteiger partial charge in [-0.3, -0.25) is 0 Å². The Morgan fingerprint density at radius 3 is 2.57 bits per heavy atom. The molecule has 0 saturated carbocycles. The number of aliphatic hydroxyl groups is 1. The number of hydrogen-bond donors (Lipinski definition) is 1. The van der Waals surface area contributed by atoms with Crippen LogP contribution in [0.4, 0.5) is 0 Å². The minimum absolute atomic E-state index is 0.0660. The molecule has 1 fully saturated rings. The first kappa shape index (κ1) is 21.1. The largest absolute Gasteiger partial charge is 0.393 e. The molecule has 134 valence electrons. The van der Waals surface area contributed by atoms with Crippen LogP contribution in [0, 0.1) is 5.92 Å². The first-order valence-corrected chi connectivity index (χ1v) is 9.36. The summed E-state index contributed by atoms with van der Waals surface area (Å²) in [6, 6.07) is 0. The summed E-state index contributed by atoms with van der Waals surface area (Å²) >= 11 is 2.23. The third-order valence-electron chi connectivity index (χ3n) is 4.47. The molecule has 0 bridgehead atoms. The highest BCUT2D eigenvalue weighted by atomic mass is 127. The Balaban J connectivity index is 2.30. The zero-order chi connectivity index (χ0) is 17.4. The summed E-state index contributed by atoms with van der Waals surface area (Å²) in [5, 5.41) is 10.2. The van der Waals surface area contributed by atoms with E-state index < -0.39 is 0 Å². The van der Waals surface area contributed by atoms with E-state index >= 15 is 0 Å². The van der Waals surface area contributed by atoms with Crippen molar-refractivity contribution < 1.29 is 19.3 Å². The first-order chi connectivity index (χ1) is 10.9. The second kappa shape index (κ2) is 10.8. The molecule has 0 radical (unpaired) electrons. The fourth-order valence-electron chi connectivity index (χ4n) is 2.89. The summed E-state index contributed by atoms with van der Waals surface area (Å²) in [5.74, 6) is 0.339. The van der Waals surface area contributed by atoms with Gasteiger partial charge in [-0.25, -0.2) is 0 Å². The molecule has 0 aromatic heterocycles. The van der Waals surface area contributed by atoms with Crippen molar-refractivity contribution in [2.24, 2.45) is 5.92 Å². The number of halogens is 1. The minimum atomic E-state index is -0.307. The van der Waals surface area contributed by atoms with E-state index in [0.29, 0.717) is 5.92 Å². The van der Waals surface area contributed by atoms with Crippen LogP contribution in [0.3, 0.4) is 0 Å². The van der Waals surface area contributed by atoms with Crippen LogP contribution in [-0.2, 0) is 14.2 Å². The van der Waals surface area contributed by atoms with E-state index in [0.717, 1.165) is 47.7 Å². The molecule has 1 aliphatic heterocycles.